The number of ether oxygens (including phenoxy) is 2. The van der Waals surface area contributed by atoms with Crippen LogP contribution in [0.5, 0.6) is 0 Å². The van der Waals surface area contributed by atoms with E-state index in [0.29, 0.717) is 13.0 Å². The first-order valence-corrected chi connectivity index (χ1v) is 7.57. The molecule has 0 bridgehead atoms. The first-order chi connectivity index (χ1) is 10.1. The molecule has 0 aromatic carbocycles. The number of carbonyl (C=O) groups excluding carboxylic acids is 3. The fourth-order valence-electron chi connectivity index (χ4n) is 2.16. The van der Waals surface area contributed by atoms with Crippen molar-refractivity contribution in [1.82, 2.24) is 10.2 Å². The molecule has 0 spiro atoms. The van der Waals surface area contributed by atoms with E-state index in [-0.39, 0.29) is 18.6 Å². The number of likely N-dealkylation sites (tertiary alicyclic amines) is 1. The molecule has 1 heterocycles. The van der Waals surface area contributed by atoms with Crippen molar-refractivity contribution in [3.05, 3.63) is 0 Å². The summed E-state index contributed by atoms with van der Waals surface area (Å²) in [4.78, 5) is 37.1. The highest BCUT2D eigenvalue weighted by Crippen LogP contribution is 2.20. The lowest BCUT2D eigenvalue weighted by molar-refractivity contribution is -0.147. The first-order valence-electron chi connectivity index (χ1n) is 7.57. The highest BCUT2D eigenvalue weighted by Gasteiger charge is 2.36. The average Bonchev–Trinajstić information content (AvgIpc) is 2.82. The number of rotatable bonds is 4. The van der Waals surface area contributed by atoms with Gasteiger partial charge in [-0.25, -0.2) is 4.79 Å². The average molecular weight is 314 g/mol. The molecule has 1 fully saturated rings. The summed E-state index contributed by atoms with van der Waals surface area (Å²) in [5, 5.41) is 2.51. The third kappa shape index (κ3) is 5.91. The van der Waals surface area contributed by atoms with E-state index in [9.17, 15) is 14.4 Å². The van der Waals surface area contributed by atoms with E-state index < -0.39 is 23.7 Å². The van der Waals surface area contributed by atoms with Gasteiger partial charge in [0.15, 0.2) is 0 Å². The van der Waals surface area contributed by atoms with Crippen molar-refractivity contribution in [1.29, 1.82) is 0 Å². The zero-order valence-corrected chi connectivity index (χ0v) is 14.0. The monoisotopic (exact) mass is 314 g/mol. The van der Waals surface area contributed by atoms with Gasteiger partial charge in [0.25, 0.3) is 0 Å². The lowest BCUT2D eigenvalue weighted by Crippen LogP contribution is -2.48. The molecule has 2 amide bonds. The van der Waals surface area contributed by atoms with Crippen LogP contribution in [0.1, 0.15) is 47.5 Å². The van der Waals surface area contributed by atoms with Gasteiger partial charge < -0.3 is 14.8 Å². The molecule has 0 aliphatic carbocycles. The molecule has 0 aromatic heterocycles. The Labute approximate surface area is 131 Å². The van der Waals surface area contributed by atoms with Gasteiger partial charge in [-0.3, -0.25) is 14.5 Å². The van der Waals surface area contributed by atoms with Crippen molar-refractivity contribution in [2.24, 2.45) is 0 Å². The minimum absolute atomic E-state index is 0.199. The van der Waals surface area contributed by atoms with Gasteiger partial charge in [-0.15, -0.1) is 0 Å². The molecule has 0 saturated carbocycles. The number of amides is 2. The molecule has 7 heteroatoms. The quantitative estimate of drug-likeness (QED) is 0.794. The van der Waals surface area contributed by atoms with E-state index in [1.54, 1.807) is 34.6 Å². The first kappa shape index (κ1) is 18.3. The van der Waals surface area contributed by atoms with Crippen molar-refractivity contribution >= 4 is 18.0 Å². The van der Waals surface area contributed by atoms with Gasteiger partial charge in [-0.1, -0.05) is 0 Å². The number of carbonyl (C=O) groups is 3. The third-order valence-electron chi connectivity index (χ3n) is 2.96. The van der Waals surface area contributed by atoms with Gasteiger partial charge in [-0.2, -0.15) is 0 Å². The summed E-state index contributed by atoms with van der Waals surface area (Å²) < 4.78 is 10.2. The number of esters is 1. The Bertz CT molecular complexity index is 428. The van der Waals surface area contributed by atoms with Crippen LogP contribution < -0.4 is 5.32 Å². The molecule has 1 rings (SSSR count). The molecule has 7 nitrogen and oxygen atoms in total. The van der Waals surface area contributed by atoms with Gasteiger partial charge >= 0.3 is 12.1 Å². The Morgan fingerprint density at radius 2 is 1.91 bits per heavy atom. The van der Waals surface area contributed by atoms with Crippen molar-refractivity contribution in [3.63, 3.8) is 0 Å². The lowest BCUT2D eigenvalue weighted by atomic mass is 10.2. The number of hydrogen-bond donors (Lipinski definition) is 1. The largest absolute Gasteiger partial charge is 0.462 e. The van der Waals surface area contributed by atoms with Crippen molar-refractivity contribution < 1.29 is 23.9 Å². The molecule has 1 saturated heterocycles. The SMILES string of the molecule is CC(C)OC(=O)CNC(=O)C1CCCN1C(=O)OC(C)(C)C. The second-order valence-corrected chi connectivity index (χ2v) is 6.59. The van der Waals surface area contributed by atoms with Crippen LogP contribution >= 0.6 is 0 Å². The minimum atomic E-state index is -0.609. The Kier molecular flexibility index (Phi) is 6.20. The van der Waals surface area contributed by atoms with Crippen molar-refractivity contribution in [2.75, 3.05) is 13.1 Å². The summed E-state index contributed by atoms with van der Waals surface area (Å²) in [7, 11) is 0. The summed E-state index contributed by atoms with van der Waals surface area (Å²) >= 11 is 0. The van der Waals surface area contributed by atoms with E-state index in [2.05, 4.69) is 5.32 Å². The summed E-state index contributed by atoms with van der Waals surface area (Å²) in [6.45, 7) is 9.08. The van der Waals surface area contributed by atoms with Crippen molar-refractivity contribution in [3.8, 4) is 0 Å². The Morgan fingerprint density at radius 3 is 2.45 bits per heavy atom. The molecule has 0 radical (unpaired) electrons. The zero-order valence-electron chi connectivity index (χ0n) is 14.0. The highest BCUT2D eigenvalue weighted by molar-refractivity contribution is 5.88. The van der Waals surface area contributed by atoms with E-state index in [4.69, 9.17) is 9.47 Å². The molecule has 0 aromatic rings. The van der Waals surface area contributed by atoms with Gasteiger partial charge in [-0.05, 0) is 47.5 Å². The van der Waals surface area contributed by atoms with E-state index in [0.717, 1.165) is 6.42 Å². The molecule has 1 aliphatic heterocycles. The molecule has 1 aliphatic rings. The second-order valence-electron chi connectivity index (χ2n) is 6.59. The Morgan fingerprint density at radius 1 is 1.27 bits per heavy atom. The third-order valence-corrected chi connectivity index (χ3v) is 2.96. The van der Waals surface area contributed by atoms with Crippen LogP contribution in [-0.2, 0) is 19.1 Å². The van der Waals surface area contributed by atoms with Crippen LogP contribution in [0.25, 0.3) is 0 Å². The smallest absolute Gasteiger partial charge is 0.410 e. The maximum absolute atomic E-state index is 12.1. The van der Waals surface area contributed by atoms with Crippen LogP contribution in [0.15, 0.2) is 0 Å². The minimum Gasteiger partial charge on any atom is -0.462 e. The maximum atomic E-state index is 12.1. The fourth-order valence-corrected chi connectivity index (χ4v) is 2.16. The van der Waals surface area contributed by atoms with E-state index in [1.807, 2.05) is 0 Å². The van der Waals surface area contributed by atoms with Gasteiger partial charge in [0.05, 0.1) is 6.10 Å². The van der Waals surface area contributed by atoms with Crippen molar-refractivity contribution in [2.45, 2.75) is 65.2 Å². The molecule has 126 valence electrons. The molecule has 1 unspecified atom stereocenters. The fraction of sp³-hybridized carbons (Fsp3) is 0.800. The van der Waals surface area contributed by atoms with Crippen LogP contribution in [0.3, 0.4) is 0 Å². The molecule has 22 heavy (non-hydrogen) atoms. The van der Waals surface area contributed by atoms with Crippen LogP contribution in [0, 0.1) is 0 Å². The van der Waals surface area contributed by atoms with Crippen LogP contribution in [0.2, 0.25) is 0 Å². The topological polar surface area (TPSA) is 84.9 Å². The second kappa shape index (κ2) is 7.47. The molecular weight excluding hydrogens is 288 g/mol. The maximum Gasteiger partial charge on any atom is 0.410 e. The summed E-state index contributed by atoms with van der Waals surface area (Å²) in [6, 6.07) is -0.596. The predicted octanol–water partition coefficient (Wildman–Crippen LogP) is 1.45. The van der Waals surface area contributed by atoms with E-state index >= 15 is 0 Å². The lowest BCUT2D eigenvalue weighted by Gasteiger charge is -2.27. The Hall–Kier alpha value is -1.79. The normalized spacial score (nSPS) is 18.3. The predicted molar refractivity (Wildman–Crippen MR) is 80.2 cm³/mol. The number of hydrogen-bond acceptors (Lipinski definition) is 5. The van der Waals surface area contributed by atoms with Crippen LogP contribution in [-0.4, -0.2) is 53.7 Å². The van der Waals surface area contributed by atoms with E-state index in [1.165, 1.54) is 4.90 Å². The standard InChI is InChI=1S/C15H26N2O5/c1-10(2)21-12(18)9-16-13(19)11-7-6-8-17(11)14(20)22-15(3,4)5/h10-11H,6-9H2,1-5H3,(H,16,19). The molecular formula is C15H26N2O5. The summed E-state index contributed by atoms with van der Waals surface area (Å²) in [5.41, 5.74) is -0.609. The summed E-state index contributed by atoms with van der Waals surface area (Å²) in [5.74, 6) is -0.853. The van der Waals surface area contributed by atoms with Gasteiger partial charge in [0, 0.05) is 6.54 Å². The molecule has 1 N–H and O–H groups in total. The summed E-state index contributed by atoms with van der Waals surface area (Å²) in [6.07, 6.45) is 0.557. The number of nitrogens with one attached hydrogen (secondary N) is 1. The van der Waals surface area contributed by atoms with Crippen LogP contribution in [0.4, 0.5) is 4.79 Å². The number of nitrogens with zero attached hydrogens (tertiary/aromatic N) is 1. The zero-order chi connectivity index (χ0) is 16.9. The highest BCUT2D eigenvalue weighted by atomic mass is 16.6. The molecule has 1 atom stereocenters. The van der Waals surface area contributed by atoms with Gasteiger partial charge in [0.2, 0.25) is 5.91 Å². The Balaban J connectivity index is 2.53. The van der Waals surface area contributed by atoms with Gasteiger partial charge in [0.1, 0.15) is 18.2 Å².